The number of likely N-dealkylation sites (tertiary alicyclic amines) is 1. The van der Waals surface area contributed by atoms with E-state index in [-0.39, 0.29) is 17.9 Å². The zero-order valence-corrected chi connectivity index (χ0v) is 15.2. The third kappa shape index (κ3) is 4.87. The summed E-state index contributed by atoms with van der Waals surface area (Å²) in [4.78, 5) is 31.1. The summed E-state index contributed by atoms with van der Waals surface area (Å²) >= 11 is 1.46. The molecule has 2 N–H and O–H groups in total. The highest BCUT2D eigenvalue weighted by molar-refractivity contribution is 7.15. The summed E-state index contributed by atoms with van der Waals surface area (Å²) in [5, 5.41) is 6.42. The van der Waals surface area contributed by atoms with E-state index < -0.39 is 0 Å². The zero-order valence-electron chi connectivity index (χ0n) is 14.4. The molecule has 0 bridgehead atoms. The number of anilines is 1. The van der Waals surface area contributed by atoms with Crippen LogP contribution >= 0.6 is 11.3 Å². The molecule has 0 radical (unpaired) electrons. The van der Waals surface area contributed by atoms with Gasteiger partial charge in [0.25, 0.3) is 5.91 Å². The van der Waals surface area contributed by atoms with Gasteiger partial charge in [0.05, 0.1) is 0 Å². The molecule has 1 aromatic heterocycles. The first-order valence-electron chi connectivity index (χ1n) is 8.32. The predicted molar refractivity (Wildman–Crippen MR) is 98.7 cm³/mol. The highest BCUT2D eigenvalue weighted by Crippen LogP contribution is 2.19. The number of hydrogen-bond acceptors (Lipinski definition) is 5. The van der Waals surface area contributed by atoms with E-state index in [1.807, 2.05) is 31.2 Å². The van der Waals surface area contributed by atoms with Gasteiger partial charge in [-0.15, -0.1) is 11.3 Å². The Balaban J connectivity index is 1.60. The fourth-order valence-corrected chi connectivity index (χ4v) is 3.69. The molecule has 0 aliphatic carbocycles. The lowest BCUT2D eigenvalue weighted by Crippen LogP contribution is -2.35. The second-order valence-corrected chi connectivity index (χ2v) is 7.59. The van der Waals surface area contributed by atoms with E-state index in [2.05, 4.69) is 20.5 Å². The molecule has 1 saturated heterocycles. The van der Waals surface area contributed by atoms with Crippen molar-refractivity contribution in [3.05, 3.63) is 46.5 Å². The van der Waals surface area contributed by atoms with Gasteiger partial charge in [-0.3, -0.25) is 19.8 Å². The molecule has 1 fully saturated rings. The van der Waals surface area contributed by atoms with Crippen molar-refractivity contribution in [2.75, 3.05) is 18.4 Å². The summed E-state index contributed by atoms with van der Waals surface area (Å²) in [7, 11) is 0. The van der Waals surface area contributed by atoms with Crippen LogP contribution < -0.4 is 10.6 Å². The van der Waals surface area contributed by atoms with Crippen molar-refractivity contribution in [2.45, 2.75) is 32.9 Å². The van der Waals surface area contributed by atoms with E-state index >= 15 is 0 Å². The van der Waals surface area contributed by atoms with Crippen molar-refractivity contribution in [3.8, 4) is 0 Å². The van der Waals surface area contributed by atoms with Gasteiger partial charge in [0.2, 0.25) is 5.91 Å². The molecule has 132 valence electrons. The van der Waals surface area contributed by atoms with Gasteiger partial charge in [0.1, 0.15) is 0 Å². The quantitative estimate of drug-likeness (QED) is 0.861. The minimum Gasteiger partial charge on any atom is -0.352 e. The zero-order chi connectivity index (χ0) is 17.8. The molecule has 1 aliphatic rings. The summed E-state index contributed by atoms with van der Waals surface area (Å²) in [6.45, 7) is 6.06. The first-order valence-corrected chi connectivity index (χ1v) is 9.13. The largest absolute Gasteiger partial charge is 0.352 e. The lowest BCUT2D eigenvalue weighted by atomic mass is 10.1. The van der Waals surface area contributed by atoms with Crippen LogP contribution in [0, 0.1) is 6.92 Å². The monoisotopic (exact) mass is 358 g/mol. The van der Waals surface area contributed by atoms with Crippen LogP contribution in [0.5, 0.6) is 0 Å². The molecule has 0 unspecified atom stereocenters. The van der Waals surface area contributed by atoms with Crippen molar-refractivity contribution in [1.82, 2.24) is 15.2 Å². The Hall–Kier alpha value is -2.25. The van der Waals surface area contributed by atoms with Gasteiger partial charge in [-0.1, -0.05) is 12.1 Å². The van der Waals surface area contributed by atoms with E-state index in [9.17, 15) is 9.59 Å². The van der Waals surface area contributed by atoms with Crippen LogP contribution in [0.25, 0.3) is 0 Å². The molecule has 1 aromatic carbocycles. The van der Waals surface area contributed by atoms with Crippen LogP contribution in [0.15, 0.2) is 30.5 Å². The third-order valence-corrected chi connectivity index (χ3v) is 4.95. The average molecular weight is 358 g/mol. The van der Waals surface area contributed by atoms with Crippen molar-refractivity contribution in [3.63, 3.8) is 0 Å². The summed E-state index contributed by atoms with van der Waals surface area (Å²) in [6.07, 6.45) is 2.71. The van der Waals surface area contributed by atoms with Crippen LogP contribution in [0.3, 0.4) is 0 Å². The molecule has 2 amide bonds. The van der Waals surface area contributed by atoms with Crippen LogP contribution in [0.1, 0.15) is 34.1 Å². The summed E-state index contributed by atoms with van der Waals surface area (Å²) in [5.41, 5.74) is 1.72. The van der Waals surface area contributed by atoms with Crippen molar-refractivity contribution >= 4 is 28.3 Å². The molecule has 7 heteroatoms. The maximum atomic E-state index is 12.4. The van der Waals surface area contributed by atoms with Crippen molar-refractivity contribution < 1.29 is 9.59 Å². The van der Waals surface area contributed by atoms with E-state index in [0.717, 1.165) is 36.5 Å². The topological polar surface area (TPSA) is 74.3 Å². The number of nitrogens with one attached hydrogen (secondary N) is 2. The second-order valence-electron chi connectivity index (χ2n) is 6.35. The van der Waals surface area contributed by atoms with Crippen molar-refractivity contribution in [1.29, 1.82) is 0 Å². The van der Waals surface area contributed by atoms with Crippen LogP contribution in [-0.2, 0) is 11.3 Å². The van der Waals surface area contributed by atoms with Gasteiger partial charge in [0, 0.05) is 49.2 Å². The Morgan fingerprint density at radius 2 is 2.24 bits per heavy atom. The molecule has 3 rings (SSSR count). The van der Waals surface area contributed by atoms with Gasteiger partial charge in [0.15, 0.2) is 5.13 Å². The fraction of sp³-hybridized carbons (Fsp3) is 0.389. The number of aromatic nitrogens is 1. The molecule has 2 aromatic rings. The molecular formula is C18H22N4O2S. The normalized spacial score (nSPS) is 17.4. The van der Waals surface area contributed by atoms with Crippen LogP contribution in [-0.4, -0.2) is 40.8 Å². The summed E-state index contributed by atoms with van der Waals surface area (Å²) < 4.78 is 0. The second kappa shape index (κ2) is 7.76. The van der Waals surface area contributed by atoms with E-state index in [0.29, 0.717) is 10.7 Å². The van der Waals surface area contributed by atoms with E-state index in [1.54, 1.807) is 13.1 Å². The first kappa shape index (κ1) is 17.6. The van der Waals surface area contributed by atoms with Gasteiger partial charge in [-0.05, 0) is 31.0 Å². The highest BCUT2D eigenvalue weighted by atomic mass is 32.1. The number of rotatable bonds is 5. The Kier molecular flexibility index (Phi) is 5.45. The summed E-state index contributed by atoms with van der Waals surface area (Å²) in [5.74, 6) is -0.128. The average Bonchev–Trinajstić information content (AvgIpc) is 3.16. The van der Waals surface area contributed by atoms with Gasteiger partial charge in [-0.2, -0.15) is 0 Å². The predicted octanol–water partition coefficient (Wildman–Crippen LogP) is 2.41. The number of benzene rings is 1. The number of carbonyl (C=O) groups excluding carboxylic acids is 2. The highest BCUT2D eigenvalue weighted by Gasteiger charge is 2.23. The number of nitrogens with zero attached hydrogens (tertiary/aromatic N) is 2. The molecule has 6 nitrogen and oxygen atoms in total. The van der Waals surface area contributed by atoms with Gasteiger partial charge < -0.3 is 5.32 Å². The maximum absolute atomic E-state index is 12.4. The number of carbonyl (C=O) groups is 2. The maximum Gasteiger partial charge on any atom is 0.257 e. The Morgan fingerprint density at radius 1 is 1.40 bits per heavy atom. The SMILES string of the molecule is CC(=O)N[C@H]1CCN(Cc2cccc(C(=O)Nc3ncc(C)s3)c2)C1. The standard InChI is InChI=1S/C18H22N4O2S/c1-12-9-19-18(25-12)21-17(24)15-5-3-4-14(8-15)10-22-7-6-16(11-22)20-13(2)23/h3-5,8-9,16H,6-7,10-11H2,1-2H3,(H,20,23)(H,19,21,24)/t16-/m0/s1. The van der Waals surface area contributed by atoms with E-state index in [1.165, 1.54) is 11.3 Å². The van der Waals surface area contributed by atoms with Crippen LogP contribution in [0.2, 0.25) is 0 Å². The summed E-state index contributed by atoms with van der Waals surface area (Å²) in [6, 6.07) is 7.87. The number of aryl methyl sites for hydroxylation is 1. The van der Waals surface area contributed by atoms with E-state index in [4.69, 9.17) is 0 Å². The Labute approximate surface area is 151 Å². The minimum absolute atomic E-state index is 0.0166. The minimum atomic E-state index is -0.145. The Bertz CT molecular complexity index is 774. The Morgan fingerprint density at radius 3 is 2.96 bits per heavy atom. The lowest BCUT2D eigenvalue weighted by Gasteiger charge is -2.16. The smallest absolute Gasteiger partial charge is 0.257 e. The van der Waals surface area contributed by atoms with Gasteiger partial charge >= 0.3 is 0 Å². The molecule has 1 atom stereocenters. The molecule has 25 heavy (non-hydrogen) atoms. The third-order valence-electron chi connectivity index (χ3n) is 4.12. The lowest BCUT2D eigenvalue weighted by molar-refractivity contribution is -0.119. The molecule has 0 spiro atoms. The molecule has 1 aliphatic heterocycles. The number of thiazole rings is 1. The number of hydrogen-bond donors (Lipinski definition) is 2. The van der Waals surface area contributed by atoms with Crippen molar-refractivity contribution in [2.24, 2.45) is 0 Å². The first-order chi connectivity index (χ1) is 12.0. The molecule has 0 saturated carbocycles. The number of amides is 2. The molecular weight excluding hydrogens is 336 g/mol. The fourth-order valence-electron chi connectivity index (χ4n) is 3.03. The van der Waals surface area contributed by atoms with Crippen LogP contribution in [0.4, 0.5) is 5.13 Å². The van der Waals surface area contributed by atoms with Gasteiger partial charge in [-0.25, -0.2) is 4.98 Å². The molecule has 2 heterocycles.